The summed E-state index contributed by atoms with van der Waals surface area (Å²) in [7, 11) is 1.32. The Labute approximate surface area is 138 Å². The van der Waals surface area contributed by atoms with E-state index in [2.05, 4.69) is 15.0 Å². The number of anilines is 1. The van der Waals surface area contributed by atoms with Gasteiger partial charge in [-0.25, -0.2) is 8.78 Å². The van der Waals surface area contributed by atoms with E-state index in [-0.39, 0.29) is 39.4 Å². The number of hydrogen-bond acceptors (Lipinski definition) is 5. The highest BCUT2D eigenvalue weighted by molar-refractivity contribution is 7.71. The van der Waals surface area contributed by atoms with Crippen molar-refractivity contribution in [3.8, 4) is 5.75 Å². The number of methoxy groups -OCH3 is 1. The van der Waals surface area contributed by atoms with Crippen molar-refractivity contribution >= 4 is 40.9 Å². The maximum Gasteiger partial charge on any atom is 0.223 e. The number of halogens is 3. The molecule has 0 atom stereocenters. The van der Waals surface area contributed by atoms with E-state index in [0.717, 1.165) is 12.1 Å². The number of aromatic amines is 1. The molecule has 23 heavy (non-hydrogen) atoms. The highest BCUT2D eigenvalue weighted by atomic mass is 35.5. The largest absolute Gasteiger partial charge is 0.497 e. The second kappa shape index (κ2) is 5.74. The van der Waals surface area contributed by atoms with E-state index < -0.39 is 11.6 Å². The molecule has 120 valence electrons. The van der Waals surface area contributed by atoms with E-state index >= 15 is 0 Å². The number of fused-ring (bicyclic) bond motifs is 1. The van der Waals surface area contributed by atoms with E-state index in [9.17, 15) is 8.78 Å². The Morgan fingerprint density at radius 1 is 1.35 bits per heavy atom. The summed E-state index contributed by atoms with van der Waals surface area (Å²) in [6, 6.07) is 2.18. The van der Waals surface area contributed by atoms with Crippen LogP contribution in [0.2, 0.25) is 5.15 Å². The van der Waals surface area contributed by atoms with Gasteiger partial charge in [0.25, 0.3) is 0 Å². The molecule has 2 aromatic heterocycles. The number of nitrogens with two attached hydrogens (primary N) is 1. The molecule has 0 amide bonds. The second-order valence-corrected chi connectivity index (χ2v) is 5.40. The molecule has 0 saturated heterocycles. The minimum absolute atomic E-state index is 0.0686. The zero-order valence-electron chi connectivity index (χ0n) is 11.7. The molecule has 3 N–H and O–H groups in total. The second-order valence-electron chi connectivity index (χ2n) is 4.66. The van der Waals surface area contributed by atoms with Crippen molar-refractivity contribution in [2.24, 2.45) is 0 Å². The van der Waals surface area contributed by atoms with E-state index in [4.69, 9.17) is 34.3 Å². The molecule has 2 heterocycles. The van der Waals surface area contributed by atoms with Crippen LogP contribution in [0.25, 0.3) is 11.2 Å². The fourth-order valence-electron chi connectivity index (χ4n) is 2.16. The third kappa shape index (κ3) is 2.73. The quantitative estimate of drug-likeness (QED) is 0.556. The lowest BCUT2D eigenvalue weighted by Crippen LogP contribution is -2.07. The first-order chi connectivity index (χ1) is 10.9. The highest BCUT2D eigenvalue weighted by Gasteiger charge is 2.17. The van der Waals surface area contributed by atoms with Crippen molar-refractivity contribution in [1.29, 1.82) is 0 Å². The van der Waals surface area contributed by atoms with E-state index in [0.29, 0.717) is 5.52 Å². The Kier molecular flexibility index (Phi) is 3.90. The zero-order chi connectivity index (χ0) is 16.7. The molecule has 0 fully saturated rings. The molecule has 0 unspecified atom stereocenters. The molecule has 0 bridgehead atoms. The van der Waals surface area contributed by atoms with Gasteiger partial charge in [0.15, 0.2) is 15.6 Å². The van der Waals surface area contributed by atoms with Crippen LogP contribution in [-0.2, 0) is 6.54 Å². The Morgan fingerprint density at radius 3 is 2.61 bits per heavy atom. The van der Waals surface area contributed by atoms with Crippen LogP contribution >= 0.6 is 23.8 Å². The van der Waals surface area contributed by atoms with Crippen molar-refractivity contribution in [2.75, 3.05) is 12.8 Å². The van der Waals surface area contributed by atoms with Gasteiger partial charge in [0.2, 0.25) is 5.95 Å². The number of aromatic nitrogens is 4. The molecule has 10 heteroatoms. The smallest absolute Gasteiger partial charge is 0.223 e. The summed E-state index contributed by atoms with van der Waals surface area (Å²) in [5.41, 5.74) is 5.99. The number of benzene rings is 1. The first kappa shape index (κ1) is 15.6. The molecular formula is C13H10ClF2N5OS. The third-order valence-corrected chi connectivity index (χ3v) is 3.86. The average molecular weight is 358 g/mol. The summed E-state index contributed by atoms with van der Waals surface area (Å²) in [6.45, 7) is -0.187. The lowest BCUT2D eigenvalue weighted by molar-refractivity contribution is 0.404. The zero-order valence-corrected chi connectivity index (χ0v) is 13.3. The van der Waals surface area contributed by atoms with Crippen molar-refractivity contribution in [2.45, 2.75) is 6.54 Å². The molecule has 0 spiro atoms. The van der Waals surface area contributed by atoms with Crippen LogP contribution in [0.1, 0.15) is 5.56 Å². The van der Waals surface area contributed by atoms with Gasteiger partial charge in [-0.3, -0.25) is 4.57 Å². The molecular weight excluding hydrogens is 348 g/mol. The monoisotopic (exact) mass is 357 g/mol. The summed E-state index contributed by atoms with van der Waals surface area (Å²) < 4.78 is 34.6. The van der Waals surface area contributed by atoms with Gasteiger partial charge in [0, 0.05) is 17.7 Å². The number of imidazole rings is 1. The van der Waals surface area contributed by atoms with Gasteiger partial charge in [0.05, 0.1) is 13.7 Å². The highest BCUT2D eigenvalue weighted by Crippen LogP contribution is 2.25. The van der Waals surface area contributed by atoms with Crippen LogP contribution in [0.5, 0.6) is 5.75 Å². The van der Waals surface area contributed by atoms with Gasteiger partial charge in [-0.05, 0) is 12.2 Å². The van der Waals surface area contributed by atoms with Crippen molar-refractivity contribution in [3.63, 3.8) is 0 Å². The first-order valence-corrected chi connectivity index (χ1v) is 7.12. The Bertz CT molecular complexity index is 948. The predicted molar refractivity (Wildman–Crippen MR) is 84.1 cm³/mol. The maximum absolute atomic E-state index is 14.1. The predicted octanol–water partition coefficient (Wildman–Crippen LogP) is 3.06. The molecule has 6 nitrogen and oxygen atoms in total. The van der Waals surface area contributed by atoms with Crippen molar-refractivity contribution in [3.05, 3.63) is 39.3 Å². The summed E-state index contributed by atoms with van der Waals surface area (Å²) in [5.74, 6) is -1.50. The number of hydrogen-bond donors (Lipinski definition) is 2. The van der Waals surface area contributed by atoms with Crippen molar-refractivity contribution in [1.82, 2.24) is 19.5 Å². The van der Waals surface area contributed by atoms with Gasteiger partial charge in [0.1, 0.15) is 22.9 Å². The van der Waals surface area contributed by atoms with Gasteiger partial charge in [-0.1, -0.05) is 11.6 Å². The number of rotatable bonds is 3. The van der Waals surface area contributed by atoms with Gasteiger partial charge >= 0.3 is 0 Å². The normalized spacial score (nSPS) is 11.1. The lowest BCUT2D eigenvalue weighted by atomic mass is 10.2. The maximum atomic E-state index is 14.1. The van der Waals surface area contributed by atoms with Gasteiger partial charge in [-0.2, -0.15) is 9.97 Å². The van der Waals surface area contributed by atoms with E-state index in [1.807, 2.05) is 0 Å². The van der Waals surface area contributed by atoms with Crippen LogP contribution in [0.15, 0.2) is 12.1 Å². The minimum Gasteiger partial charge on any atom is -0.497 e. The molecule has 3 aromatic rings. The topological polar surface area (TPSA) is 81.8 Å². The summed E-state index contributed by atoms with van der Waals surface area (Å²) in [6.07, 6.45) is 0. The van der Waals surface area contributed by atoms with E-state index in [1.165, 1.54) is 11.7 Å². The minimum atomic E-state index is -0.758. The van der Waals surface area contributed by atoms with Crippen LogP contribution in [0, 0.1) is 16.4 Å². The lowest BCUT2D eigenvalue weighted by Gasteiger charge is -2.09. The standard InChI is InChI=1S/C13H10ClF2N5OS/c1-22-5-2-7(15)6(8(16)3-5)4-21-11-9(18-13(21)23)10(14)19-12(17)20-11/h2-3H,4H2,1H3,(H,18,23)(H2,17,19,20). The fourth-order valence-corrected chi connectivity index (χ4v) is 2.64. The fraction of sp³-hybridized carbons (Fsp3) is 0.154. The number of H-pyrrole nitrogens is 1. The SMILES string of the molecule is COc1cc(F)c(Cn2c(=S)[nH]c3c(Cl)nc(N)nc32)c(F)c1. The number of ether oxygens (including phenoxy) is 1. The molecule has 1 aromatic carbocycles. The Morgan fingerprint density at radius 2 is 2.00 bits per heavy atom. The van der Waals surface area contributed by atoms with Crippen molar-refractivity contribution < 1.29 is 13.5 Å². The summed E-state index contributed by atoms with van der Waals surface area (Å²) >= 11 is 11.1. The molecule has 0 aliphatic rings. The molecule has 3 rings (SSSR count). The molecule has 0 aliphatic carbocycles. The Hall–Kier alpha value is -2.26. The average Bonchev–Trinajstić information content (AvgIpc) is 2.79. The molecule has 0 radical (unpaired) electrons. The molecule has 0 saturated carbocycles. The van der Waals surface area contributed by atoms with Crippen LogP contribution in [0.3, 0.4) is 0 Å². The van der Waals surface area contributed by atoms with Gasteiger partial charge < -0.3 is 15.5 Å². The summed E-state index contributed by atoms with van der Waals surface area (Å²) in [4.78, 5) is 10.6. The number of nitrogens with one attached hydrogen (secondary N) is 1. The van der Waals surface area contributed by atoms with Gasteiger partial charge in [-0.15, -0.1) is 0 Å². The first-order valence-electron chi connectivity index (χ1n) is 6.34. The van der Waals surface area contributed by atoms with Crippen LogP contribution < -0.4 is 10.5 Å². The number of nitrogen functional groups attached to an aromatic ring is 1. The number of nitrogens with zero attached hydrogens (tertiary/aromatic N) is 3. The molecule has 0 aliphatic heterocycles. The Balaban J connectivity index is 2.16. The van der Waals surface area contributed by atoms with E-state index in [1.54, 1.807) is 0 Å². The van der Waals surface area contributed by atoms with Crippen LogP contribution in [-0.4, -0.2) is 26.6 Å². The third-order valence-electron chi connectivity index (χ3n) is 3.26. The van der Waals surface area contributed by atoms with Crippen LogP contribution in [0.4, 0.5) is 14.7 Å². The summed E-state index contributed by atoms with van der Waals surface area (Å²) in [5, 5.41) is 0.0769.